The molecule has 1 rings (SSSR count). The minimum atomic E-state index is -3.66. The zero-order chi connectivity index (χ0) is 14.8. The quantitative estimate of drug-likeness (QED) is 0.833. The molecule has 0 saturated carbocycles. The van der Waals surface area contributed by atoms with Gasteiger partial charge in [-0.2, -0.15) is 0 Å². The van der Waals surface area contributed by atoms with E-state index in [9.17, 15) is 13.2 Å². The van der Waals surface area contributed by atoms with Gasteiger partial charge in [0.25, 0.3) is 0 Å². The Labute approximate surface area is 116 Å². The summed E-state index contributed by atoms with van der Waals surface area (Å²) < 4.78 is 24.1. The number of carbonyl (C=O) groups is 1. The molecule has 0 radical (unpaired) electrons. The van der Waals surface area contributed by atoms with E-state index in [0.717, 1.165) is 5.56 Å². The van der Waals surface area contributed by atoms with Gasteiger partial charge in [0, 0.05) is 5.92 Å². The number of rotatable bonds is 5. The average molecular weight is 282 g/mol. The zero-order valence-electron chi connectivity index (χ0n) is 12.2. The molecule has 19 heavy (non-hydrogen) atoms. The van der Waals surface area contributed by atoms with Crippen molar-refractivity contribution in [2.75, 3.05) is 0 Å². The van der Waals surface area contributed by atoms with E-state index < -0.39 is 14.6 Å². The molecular weight excluding hydrogens is 260 g/mol. The van der Waals surface area contributed by atoms with Crippen LogP contribution < -0.4 is 0 Å². The molecular formula is C15H22O3S. The Balaban J connectivity index is 3.38. The molecule has 0 N–H and O–H groups in total. The summed E-state index contributed by atoms with van der Waals surface area (Å²) >= 11 is 0. The van der Waals surface area contributed by atoms with Crippen molar-refractivity contribution in [3.8, 4) is 0 Å². The molecule has 0 aliphatic rings. The molecule has 0 bridgehead atoms. The fraction of sp³-hybridized carbons (Fsp3) is 0.533. The minimum absolute atomic E-state index is 0.219. The molecule has 3 nitrogen and oxygen atoms in total. The zero-order valence-corrected chi connectivity index (χ0v) is 13.0. The van der Waals surface area contributed by atoms with Crippen LogP contribution in [-0.4, -0.2) is 18.9 Å². The molecule has 4 heteroatoms. The van der Waals surface area contributed by atoms with E-state index in [4.69, 9.17) is 0 Å². The molecule has 0 aromatic heterocycles. The number of ketones is 1. The lowest BCUT2D eigenvalue weighted by Crippen LogP contribution is -2.45. The van der Waals surface area contributed by atoms with Crippen LogP contribution in [0.5, 0.6) is 0 Å². The topological polar surface area (TPSA) is 51.2 Å². The maximum Gasteiger partial charge on any atom is 0.190 e. The van der Waals surface area contributed by atoms with E-state index in [0.29, 0.717) is 0 Å². The number of hydrogen-bond donors (Lipinski definition) is 0. The van der Waals surface area contributed by atoms with Crippen LogP contribution in [0.4, 0.5) is 0 Å². The maximum absolute atomic E-state index is 12.7. The Morgan fingerprint density at radius 3 is 2.05 bits per heavy atom. The number of aryl methyl sites for hydroxylation is 1. The highest BCUT2D eigenvalue weighted by molar-refractivity contribution is 7.93. The fourth-order valence-corrected chi connectivity index (χ4v) is 3.98. The SMILES string of the molecule is CCC(C)(C(=O)C(C)C)S(=O)(=O)c1ccc(C)cc1. The first kappa shape index (κ1) is 15.9. The van der Waals surface area contributed by atoms with Crippen LogP contribution >= 0.6 is 0 Å². The monoisotopic (exact) mass is 282 g/mol. The summed E-state index contributed by atoms with van der Waals surface area (Å²) in [5.74, 6) is -0.527. The summed E-state index contributed by atoms with van der Waals surface area (Å²) in [6.45, 7) is 8.65. The molecule has 1 aromatic carbocycles. The Bertz CT molecular complexity index is 556. The second-order valence-corrected chi connectivity index (χ2v) is 7.80. The summed E-state index contributed by atoms with van der Waals surface area (Å²) in [6, 6.07) is 6.66. The third-order valence-corrected chi connectivity index (χ3v) is 6.21. The number of sulfone groups is 1. The number of benzene rings is 1. The van der Waals surface area contributed by atoms with Crippen molar-refractivity contribution in [3.63, 3.8) is 0 Å². The molecule has 0 fully saturated rings. The highest BCUT2D eigenvalue weighted by Crippen LogP contribution is 2.32. The van der Waals surface area contributed by atoms with Gasteiger partial charge in [0.1, 0.15) is 4.75 Å². The van der Waals surface area contributed by atoms with E-state index in [1.54, 1.807) is 45.0 Å². The standard InChI is InChI=1S/C15H22O3S/c1-6-15(5,14(16)11(2)3)19(17,18)13-9-7-12(4)8-10-13/h7-11H,6H2,1-5H3. The summed E-state index contributed by atoms with van der Waals surface area (Å²) in [5.41, 5.74) is 0.993. The predicted molar refractivity (Wildman–Crippen MR) is 76.9 cm³/mol. The van der Waals surface area contributed by atoms with Gasteiger partial charge < -0.3 is 0 Å². The third-order valence-electron chi connectivity index (χ3n) is 3.64. The van der Waals surface area contributed by atoms with E-state index in [-0.39, 0.29) is 23.0 Å². The van der Waals surface area contributed by atoms with Crippen LogP contribution in [0, 0.1) is 12.8 Å². The van der Waals surface area contributed by atoms with E-state index in [1.165, 1.54) is 6.92 Å². The Hall–Kier alpha value is -1.16. The highest BCUT2D eigenvalue weighted by Gasteiger charge is 2.45. The van der Waals surface area contributed by atoms with E-state index in [1.807, 2.05) is 6.92 Å². The molecule has 1 aromatic rings. The van der Waals surface area contributed by atoms with E-state index >= 15 is 0 Å². The van der Waals surface area contributed by atoms with Crippen LogP contribution in [-0.2, 0) is 14.6 Å². The lowest BCUT2D eigenvalue weighted by atomic mass is 9.94. The van der Waals surface area contributed by atoms with Gasteiger partial charge in [0.15, 0.2) is 15.6 Å². The van der Waals surface area contributed by atoms with Gasteiger partial charge in [0.05, 0.1) is 4.90 Å². The Kier molecular flexibility index (Phi) is 4.56. The van der Waals surface area contributed by atoms with Gasteiger partial charge in [-0.15, -0.1) is 0 Å². The number of Topliss-reactive ketones (excluding diaryl/α,β-unsaturated/α-hetero) is 1. The predicted octanol–water partition coefficient (Wildman–Crippen LogP) is 3.16. The smallest absolute Gasteiger partial charge is 0.190 e. The van der Waals surface area contributed by atoms with E-state index in [2.05, 4.69) is 0 Å². The lowest BCUT2D eigenvalue weighted by Gasteiger charge is -2.28. The van der Waals surface area contributed by atoms with Crippen molar-refractivity contribution < 1.29 is 13.2 Å². The largest absolute Gasteiger partial charge is 0.298 e. The van der Waals surface area contributed by atoms with Crippen molar-refractivity contribution in [1.82, 2.24) is 0 Å². The van der Waals surface area contributed by atoms with Crippen molar-refractivity contribution in [2.45, 2.75) is 50.7 Å². The molecule has 0 saturated heterocycles. The molecule has 0 spiro atoms. The number of hydrogen-bond acceptors (Lipinski definition) is 3. The second-order valence-electron chi connectivity index (χ2n) is 5.42. The Morgan fingerprint density at radius 2 is 1.68 bits per heavy atom. The lowest BCUT2D eigenvalue weighted by molar-refractivity contribution is -0.124. The van der Waals surface area contributed by atoms with Gasteiger partial charge in [-0.3, -0.25) is 4.79 Å². The third kappa shape index (κ3) is 2.73. The first-order valence-corrected chi connectivity index (χ1v) is 8.00. The van der Waals surface area contributed by atoms with Crippen molar-refractivity contribution in [1.29, 1.82) is 0 Å². The summed E-state index contributed by atoms with van der Waals surface area (Å²) in [4.78, 5) is 12.5. The normalized spacial score (nSPS) is 15.3. The van der Waals surface area contributed by atoms with Crippen LogP contribution in [0.1, 0.15) is 39.7 Å². The molecule has 0 aliphatic heterocycles. The Morgan fingerprint density at radius 1 is 1.21 bits per heavy atom. The van der Waals surface area contributed by atoms with Crippen LogP contribution in [0.15, 0.2) is 29.2 Å². The van der Waals surface area contributed by atoms with Crippen molar-refractivity contribution in [2.24, 2.45) is 5.92 Å². The molecule has 0 amide bonds. The second kappa shape index (κ2) is 5.45. The molecule has 0 aliphatic carbocycles. The van der Waals surface area contributed by atoms with Crippen molar-refractivity contribution >= 4 is 15.6 Å². The van der Waals surface area contributed by atoms with Gasteiger partial charge in [-0.1, -0.05) is 38.5 Å². The number of carbonyl (C=O) groups excluding carboxylic acids is 1. The van der Waals surface area contributed by atoms with Gasteiger partial charge in [-0.25, -0.2) is 8.42 Å². The van der Waals surface area contributed by atoms with Gasteiger partial charge in [0.2, 0.25) is 0 Å². The van der Waals surface area contributed by atoms with Crippen molar-refractivity contribution in [3.05, 3.63) is 29.8 Å². The first-order valence-electron chi connectivity index (χ1n) is 6.52. The van der Waals surface area contributed by atoms with Gasteiger partial charge >= 0.3 is 0 Å². The molecule has 106 valence electrons. The minimum Gasteiger partial charge on any atom is -0.298 e. The van der Waals surface area contributed by atoms with Gasteiger partial charge in [-0.05, 0) is 32.4 Å². The molecule has 1 atom stereocenters. The summed E-state index contributed by atoms with van der Waals surface area (Å²) in [6.07, 6.45) is 0.278. The summed E-state index contributed by atoms with van der Waals surface area (Å²) in [5, 5.41) is 0. The maximum atomic E-state index is 12.7. The summed E-state index contributed by atoms with van der Waals surface area (Å²) in [7, 11) is -3.66. The van der Waals surface area contributed by atoms with Crippen LogP contribution in [0.25, 0.3) is 0 Å². The molecule has 1 unspecified atom stereocenters. The first-order chi connectivity index (χ1) is 8.66. The fourth-order valence-electron chi connectivity index (χ4n) is 2.08. The highest BCUT2D eigenvalue weighted by atomic mass is 32.2. The van der Waals surface area contributed by atoms with Crippen LogP contribution in [0.2, 0.25) is 0 Å². The van der Waals surface area contributed by atoms with Crippen LogP contribution in [0.3, 0.4) is 0 Å². The average Bonchev–Trinajstić information content (AvgIpc) is 2.37. The molecule has 0 heterocycles.